The van der Waals surface area contributed by atoms with Crippen molar-refractivity contribution in [1.82, 2.24) is 0 Å². The lowest BCUT2D eigenvalue weighted by Crippen LogP contribution is -2.27. The molecule has 0 aromatic heterocycles. The number of rotatable bonds is 8. The van der Waals surface area contributed by atoms with E-state index in [1.165, 1.54) is 0 Å². The van der Waals surface area contributed by atoms with Crippen molar-refractivity contribution in [2.75, 3.05) is 24.7 Å². The molecule has 1 atom stereocenters. The van der Waals surface area contributed by atoms with E-state index in [4.69, 9.17) is 10.5 Å². The van der Waals surface area contributed by atoms with Gasteiger partial charge in [-0.1, -0.05) is 13.8 Å². The van der Waals surface area contributed by atoms with Gasteiger partial charge in [-0.15, -0.1) is 0 Å². The molecule has 0 spiro atoms. The fraction of sp³-hybridized carbons (Fsp3) is 1.00. The molecule has 0 saturated heterocycles. The summed E-state index contributed by atoms with van der Waals surface area (Å²) in [6.45, 7) is 6.64. The molecular formula is C10H23NO3S. The van der Waals surface area contributed by atoms with Gasteiger partial charge < -0.3 is 10.5 Å². The summed E-state index contributed by atoms with van der Waals surface area (Å²) in [5.74, 6) is 0.599. The van der Waals surface area contributed by atoms with Crippen molar-refractivity contribution in [3.05, 3.63) is 0 Å². The second-order valence-corrected chi connectivity index (χ2v) is 6.34. The van der Waals surface area contributed by atoms with E-state index in [1.807, 2.05) is 20.8 Å². The quantitative estimate of drug-likeness (QED) is 0.678. The zero-order valence-corrected chi connectivity index (χ0v) is 10.7. The molecule has 0 saturated carbocycles. The number of hydrogen-bond acceptors (Lipinski definition) is 4. The van der Waals surface area contributed by atoms with Crippen LogP contribution < -0.4 is 5.73 Å². The first kappa shape index (κ1) is 14.9. The molecule has 0 aliphatic carbocycles. The second kappa shape index (κ2) is 7.19. The summed E-state index contributed by atoms with van der Waals surface area (Å²) in [5, 5.41) is 0. The maximum Gasteiger partial charge on any atom is 0.150 e. The predicted molar refractivity (Wildman–Crippen MR) is 62.6 cm³/mol. The molecule has 0 amide bonds. The number of ether oxygens (including phenoxy) is 1. The fourth-order valence-corrected chi connectivity index (χ4v) is 3.21. The molecule has 5 heteroatoms. The minimum Gasteiger partial charge on any atom is -0.377 e. The van der Waals surface area contributed by atoms with Crippen LogP contribution >= 0.6 is 0 Å². The van der Waals surface area contributed by atoms with Crippen LogP contribution in [0.15, 0.2) is 0 Å². The molecule has 2 N–H and O–H groups in total. The lowest BCUT2D eigenvalue weighted by atomic mass is 10.3. The van der Waals surface area contributed by atoms with Gasteiger partial charge in [-0.25, -0.2) is 8.42 Å². The Kier molecular flexibility index (Phi) is 7.13. The van der Waals surface area contributed by atoms with Gasteiger partial charge in [0.25, 0.3) is 0 Å². The van der Waals surface area contributed by atoms with Gasteiger partial charge >= 0.3 is 0 Å². The van der Waals surface area contributed by atoms with Gasteiger partial charge in [-0.3, -0.25) is 0 Å². The molecule has 4 nitrogen and oxygen atoms in total. The summed E-state index contributed by atoms with van der Waals surface area (Å²) in [7, 11) is -2.94. The van der Waals surface area contributed by atoms with E-state index in [9.17, 15) is 8.42 Å². The average Bonchev–Trinajstić information content (AvgIpc) is 2.10. The van der Waals surface area contributed by atoms with E-state index in [2.05, 4.69) is 0 Å². The molecule has 0 aromatic carbocycles. The molecule has 1 unspecified atom stereocenters. The van der Waals surface area contributed by atoms with E-state index >= 15 is 0 Å². The summed E-state index contributed by atoms with van der Waals surface area (Å²) in [5.41, 5.74) is 5.47. The maximum atomic E-state index is 11.6. The minimum absolute atomic E-state index is 0.128. The minimum atomic E-state index is -2.94. The topological polar surface area (TPSA) is 69.4 Å². The molecule has 15 heavy (non-hydrogen) atoms. The Labute approximate surface area is 93.1 Å². The van der Waals surface area contributed by atoms with Crippen LogP contribution in [0.5, 0.6) is 0 Å². The van der Waals surface area contributed by atoms with Gasteiger partial charge in [-0.05, 0) is 19.3 Å². The van der Waals surface area contributed by atoms with Crippen LogP contribution in [0, 0.1) is 5.92 Å². The first-order valence-corrected chi connectivity index (χ1v) is 7.25. The molecule has 0 bridgehead atoms. The Morgan fingerprint density at radius 2 is 1.93 bits per heavy atom. The van der Waals surface area contributed by atoms with E-state index in [-0.39, 0.29) is 23.5 Å². The highest BCUT2D eigenvalue weighted by atomic mass is 32.2. The summed E-state index contributed by atoms with van der Waals surface area (Å²) < 4.78 is 28.4. The van der Waals surface area contributed by atoms with Gasteiger partial charge in [0.05, 0.1) is 17.6 Å². The van der Waals surface area contributed by atoms with E-state index in [0.29, 0.717) is 19.6 Å². The van der Waals surface area contributed by atoms with Crippen molar-refractivity contribution in [2.24, 2.45) is 11.7 Å². The predicted octanol–water partition coefficient (Wildman–Crippen LogP) is 0.811. The van der Waals surface area contributed by atoms with Gasteiger partial charge in [0.15, 0.2) is 9.84 Å². The Balaban J connectivity index is 4.01. The number of nitrogens with two attached hydrogens (primary N) is 1. The van der Waals surface area contributed by atoms with Crippen molar-refractivity contribution < 1.29 is 13.2 Å². The number of hydrogen-bond donors (Lipinski definition) is 1. The Bertz CT molecular complexity index is 249. The Morgan fingerprint density at radius 3 is 2.33 bits per heavy atom. The normalized spacial score (nSPS) is 14.5. The largest absolute Gasteiger partial charge is 0.377 e. The highest BCUT2D eigenvalue weighted by Crippen LogP contribution is 2.05. The van der Waals surface area contributed by atoms with Crippen molar-refractivity contribution in [3.8, 4) is 0 Å². The Hall–Kier alpha value is -0.130. The van der Waals surface area contributed by atoms with Crippen molar-refractivity contribution in [2.45, 2.75) is 33.3 Å². The molecule has 0 aliphatic rings. The highest BCUT2D eigenvalue weighted by Gasteiger charge is 2.16. The van der Waals surface area contributed by atoms with E-state index in [1.54, 1.807) is 0 Å². The molecule has 0 aromatic rings. The lowest BCUT2D eigenvalue weighted by molar-refractivity contribution is 0.0670. The Morgan fingerprint density at radius 1 is 1.33 bits per heavy atom. The highest BCUT2D eigenvalue weighted by molar-refractivity contribution is 7.91. The molecule has 0 radical (unpaired) electrons. The smallest absolute Gasteiger partial charge is 0.150 e. The van der Waals surface area contributed by atoms with Crippen LogP contribution in [0.4, 0.5) is 0 Å². The van der Waals surface area contributed by atoms with Gasteiger partial charge in [0, 0.05) is 13.2 Å². The van der Waals surface area contributed by atoms with Crippen molar-refractivity contribution in [1.29, 1.82) is 0 Å². The van der Waals surface area contributed by atoms with Crippen molar-refractivity contribution in [3.63, 3.8) is 0 Å². The number of sulfone groups is 1. The van der Waals surface area contributed by atoms with Crippen LogP contribution in [0.3, 0.4) is 0 Å². The molecule has 0 aliphatic heterocycles. The average molecular weight is 237 g/mol. The van der Waals surface area contributed by atoms with E-state index < -0.39 is 9.84 Å². The maximum absolute atomic E-state index is 11.6. The SMILES string of the molecule is CCOC(CN)CCS(=O)(=O)CC(C)C. The standard InChI is InChI=1S/C10H23NO3S/c1-4-14-10(7-11)5-6-15(12,13)8-9(2)3/h9-10H,4-8,11H2,1-3H3. The van der Waals surface area contributed by atoms with Crippen LogP contribution in [0.2, 0.25) is 0 Å². The summed E-state index contributed by atoms with van der Waals surface area (Å²) in [4.78, 5) is 0. The zero-order valence-electron chi connectivity index (χ0n) is 9.90. The molecule has 0 heterocycles. The lowest BCUT2D eigenvalue weighted by Gasteiger charge is -2.15. The fourth-order valence-electron chi connectivity index (χ4n) is 1.41. The summed E-state index contributed by atoms with van der Waals surface area (Å²) >= 11 is 0. The van der Waals surface area contributed by atoms with Gasteiger partial charge in [-0.2, -0.15) is 0 Å². The molecular weight excluding hydrogens is 214 g/mol. The van der Waals surface area contributed by atoms with Crippen LogP contribution in [-0.4, -0.2) is 39.2 Å². The molecule has 92 valence electrons. The third-order valence-corrected chi connectivity index (χ3v) is 4.04. The first-order chi connectivity index (χ1) is 6.91. The van der Waals surface area contributed by atoms with Crippen LogP contribution in [0.1, 0.15) is 27.2 Å². The monoisotopic (exact) mass is 237 g/mol. The third-order valence-electron chi connectivity index (χ3n) is 2.00. The zero-order chi connectivity index (χ0) is 11.9. The first-order valence-electron chi connectivity index (χ1n) is 5.43. The van der Waals surface area contributed by atoms with Crippen LogP contribution in [0.25, 0.3) is 0 Å². The third kappa shape index (κ3) is 7.76. The second-order valence-electron chi connectivity index (χ2n) is 4.11. The summed E-state index contributed by atoms with van der Waals surface area (Å²) in [6.07, 6.45) is 0.372. The molecule has 0 rings (SSSR count). The molecule has 0 fully saturated rings. The van der Waals surface area contributed by atoms with Gasteiger partial charge in [0.2, 0.25) is 0 Å². The van der Waals surface area contributed by atoms with E-state index in [0.717, 1.165) is 0 Å². The van der Waals surface area contributed by atoms with Crippen LogP contribution in [-0.2, 0) is 14.6 Å². The van der Waals surface area contributed by atoms with Gasteiger partial charge in [0.1, 0.15) is 0 Å². The van der Waals surface area contributed by atoms with Crippen molar-refractivity contribution >= 4 is 9.84 Å². The summed E-state index contributed by atoms with van der Waals surface area (Å²) in [6, 6.07) is 0.